The lowest BCUT2D eigenvalue weighted by Crippen LogP contribution is -2.19. The maximum absolute atomic E-state index is 12.5. The number of aromatic nitrogens is 2. The summed E-state index contributed by atoms with van der Waals surface area (Å²) in [7, 11) is 0. The molecule has 0 aliphatic heterocycles. The van der Waals surface area contributed by atoms with Crippen LogP contribution in [0.15, 0.2) is 83.7 Å². The standard InChI is InChI=1S/C29H30N2O2/c1-20(11-14-26-21(2)8-7-15-29(26,3)4)16-24-18-31-27(19-30-24)28(32)33-25-13-12-22-9-5-6-10-23(22)17-25/h5-6,9-14,16-19H,7-8,15H2,1-4H3. The highest BCUT2D eigenvalue weighted by atomic mass is 16.5. The molecule has 4 nitrogen and oxygen atoms in total. The van der Waals surface area contributed by atoms with Gasteiger partial charge in [-0.3, -0.25) is 4.98 Å². The van der Waals surface area contributed by atoms with E-state index in [-0.39, 0.29) is 11.1 Å². The van der Waals surface area contributed by atoms with Crippen molar-refractivity contribution in [1.82, 2.24) is 9.97 Å². The van der Waals surface area contributed by atoms with Gasteiger partial charge in [-0.2, -0.15) is 0 Å². The molecule has 1 aliphatic carbocycles. The molecule has 0 fully saturated rings. The van der Waals surface area contributed by atoms with Crippen LogP contribution in [0.5, 0.6) is 5.75 Å². The number of allylic oxidation sites excluding steroid dienone is 5. The average molecular weight is 439 g/mol. The molecule has 0 radical (unpaired) electrons. The van der Waals surface area contributed by atoms with Gasteiger partial charge in [-0.25, -0.2) is 9.78 Å². The first-order valence-electron chi connectivity index (χ1n) is 11.4. The molecule has 1 aromatic heterocycles. The first kappa shape index (κ1) is 22.7. The summed E-state index contributed by atoms with van der Waals surface area (Å²) in [5.74, 6) is -0.0347. The Morgan fingerprint density at radius 3 is 2.58 bits per heavy atom. The Morgan fingerprint density at radius 1 is 1.06 bits per heavy atom. The number of hydrogen-bond acceptors (Lipinski definition) is 4. The molecule has 0 spiro atoms. The second-order valence-corrected chi connectivity index (χ2v) is 9.38. The molecule has 168 valence electrons. The Labute approximate surface area is 195 Å². The Kier molecular flexibility index (Phi) is 6.55. The van der Waals surface area contributed by atoms with Crippen LogP contribution in [0.2, 0.25) is 0 Å². The van der Waals surface area contributed by atoms with Crippen LogP contribution in [0.25, 0.3) is 16.8 Å². The second kappa shape index (κ2) is 9.53. The van der Waals surface area contributed by atoms with Gasteiger partial charge in [-0.15, -0.1) is 0 Å². The van der Waals surface area contributed by atoms with Crippen molar-refractivity contribution < 1.29 is 9.53 Å². The predicted molar refractivity (Wildman–Crippen MR) is 134 cm³/mol. The zero-order valence-electron chi connectivity index (χ0n) is 19.8. The van der Waals surface area contributed by atoms with E-state index in [4.69, 9.17) is 4.74 Å². The third-order valence-corrected chi connectivity index (χ3v) is 6.24. The lowest BCUT2D eigenvalue weighted by Gasteiger charge is -2.32. The average Bonchev–Trinajstić information content (AvgIpc) is 2.78. The van der Waals surface area contributed by atoms with Gasteiger partial charge in [-0.1, -0.05) is 61.9 Å². The van der Waals surface area contributed by atoms with Gasteiger partial charge in [0.15, 0.2) is 5.69 Å². The summed E-state index contributed by atoms with van der Waals surface area (Å²) in [5.41, 5.74) is 5.08. The Bertz CT molecular complexity index is 1260. The summed E-state index contributed by atoms with van der Waals surface area (Å²) in [5, 5.41) is 2.11. The van der Waals surface area contributed by atoms with Crippen LogP contribution in [0, 0.1) is 5.41 Å². The van der Waals surface area contributed by atoms with Crippen molar-refractivity contribution in [3.05, 3.63) is 95.1 Å². The Balaban J connectivity index is 1.43. The van der Waals surface area contributed by atoms with Gasteiger partial charge < -0.3 is 4.74 Å². The first-order valence-corrected chi connectivity index (χ1v) is 11.4. The fraction of sp³-hybridized carbons (Fsp3) is 0.276. The molecule has 2 aromatic carbocycles. The summed E-state index contributed by atoms with van der Waals surface area (Å²) in [6, 6.07) is 13.5. The van der Waals surface area contributed by atoms with Gasteiger partial charge in [0.2, 0.25) is 0 Å². The molecule has 33 heavy (non-hydrogen) atoms. The molecule has 3 aromatic rings. The van der Waals surface area contributed by atoms with E-state index in [0.717, 1.165) is 16.3 Å². The van der Waals surface area contributed by atoms with E-state index in [9.17, 15) is 4.79 Å². The molecular formula is C29H30N2O2. The molecule has 0 unspecified atom stereocenters. The van der Waals surface area contributed by atoms with Crippen molar-refractivity contribution in [2.24, 2.45) is 5.41 Å². The van der Waals surface area contributed by atoms with Crippen molar-refractivity contribution >= 4 is 22.8 Å². The van der Waals surface area contributed by atoms with Crippen LogP contribution < -0.4 is 4.74 Å². The molecule has 1 aliphatic rings. The number of carbonyl (C=O) groups excluding carboxylic acids is 1. The first-order chi connectivity index (χ1) is 15.8. The predicted octanol–water partition coefficient (Wildman–Crippen LogP) is 7.34. The minimum atomic E-state index is -0.521. The van der Waals surface area contributed by atoms with Crippen molar-refractivity contribution in [2.45, 2.75) is 47.0 Å². The lowest BCUT2D eigenvalue weighted by atomic mass is 9.72. The molecule has 0 atom stereocenters. The van der Waals surface area contributed by atoms with Crippen LogP contribution in [0.3, 0.4) is 0 Å². The molecule has 0 amide bonds. The number of rotatable bonds is 5. The number of fused-ring (bicyclic) bond motifs is 1. The maximum atomic E-state index is 12.5. The quantitative estimate of drug-likeness (QED) is 0.238. The van der Waals surface area contributed by atoms with Gasteiger partial charge in [-0.05, 0) is 78.7 Å². The Hall–Kier alpha value is -3.53. The highest BCUT2D eigenvalue weighted by molar-refractivity contribution is 5.90. The summed E-state index contributed by atoms with van der Waals surface area (Å²) in [6.45, 7) is 8.91. The molecule has 0 bridgehead atoms. The van der Waals surface area contributed by atoms with E-state index < -0.39 is 5.97 Å². The van der Waals surface area contributed by atoms with E-state index in [2.05, 4.69) is 42.9 Å². The van der Waals surface area contributed by atoms with Crippen molar-refractivity contribution in [3.63, 3.8) is 0 Å². The number of esters is 1. The van der Waals surface area contributed by atoms with E-state index >= 15 is 0 Å². The van der Waals surface area contributed by atoms with Gasteiger partial charge in [0.05, 0.1) is 18.1 Å². The van der Waals surface area contributed by atoms with Crippen LogP contribution >= 0.6 is 0 Å². The number of nitrogens with zero attached hydrogens (tertiary/aromatic N) is 2. The summed E-state index contributed by atoms with van der Waals surface area (Å²) in [6.07, 6.45) is 13.1. The van der Waals surface area contributed by atoms with E-state index in [1.54, 1.807) is 12.3 Å². The van der Waals surface area contributed by atoms with Gasteiger partial charge in [0.1, 0.15) is 5.75 Å². The van der Waals surface area contributed by atoms with E-state index in [0.29, 0.717) is 11.4 Å². The molecule has 0 saturated carbocycles. The molecular weight excluding hydrogens is 408 g/mol. The van der Waals surface area contributed by atoms with Gasteiger partial charge in [0, 0.05) is 0 Å². The monoisotopic (exact) mass is 438 g/mol. The van der Waals surface area contributed by atoms with Gasteiger partial charge in [0.25, 0.3) is 0 Å². The van der Waals surface area contributed by atoms with Crippen LogP contribution in [0.4, 0.5) is 0 Å². The van der Waals surface area contributed by atoms with Gasteiger partial charge >= 0.3 is 5.97 Å². The third kappa shape index (κ3) is 5.46. The van der Waals surface area contributed by atoms with Crippen molar-refractivity contribution in [2.75, 3.05) is 0 Å². The topological polar surface area (TPSA) is 52.1 Å². The fourth-order valence-corrected chi connectivity index (χ4v) is 4.41. The third-order valence-electron chi connectivity index (χ3n) is 6.24. The minimum Gasteiger partial charge on any atom is -0.422 e. The molecule has 4 heteroatoms. The number of benzene rings is 2. The zero-order chi connectivity index (χ0) is 23.4. The zero-order valence-corrected chi connectivity index (χ0v) is 19.8. The van der Waals surface area contributed by atoms with Crippen molar-refractivity contribution in [3.8, 4) is 5.75 Å². The highest BCUT2D eigenvalue weighted by Crippen LogP contribution is 2.40. The SMILES string of the molecule is CC(C=CC1=C(C)CCCC1(C)C)=Cc1cnc(C(=O)Oc2ccc3ccccc3c2)cn1. The largest absolute Gasteiger partial charge is 0.422 e. The lowest BCUT2D eigenvalue weighted by molar-refractivity contribution is 0.0728. The maximum Gasteiger partial charge on any atom is 0.363 e. The van der Waals surface area contributed by atoms with Crippen molar-refractivity contribution in [1.29, 1.82) is 0 Å². The molecule has 1 heterocycles. The fourth-order valence-electron chi connectivity index (χ4n) is 4.41. The highest BCUT2D eigenvalue weighted by Gasteiger charge is 2.26. The number of hydrogen-bond donors (Lipinski definition) is 0. The van der Waals surface area contributed by atoms with Crippen LogP contribution in [0.1, 0.15) is 63.1 Å². The molecule has 4 rings (SSSR count). The number of carbonyl (C=O) groups is 1. The summed E-state index contributed by atoms with van der Waals surface area (Å²) in [4.78, 5) is 21.1. The molecule has 0 N–H and O–H groups in total. The number of ether oxygens (including phenoxy) is 1. The Morgan fingerprint density at radius 2 is 1.85 bits per heavy atom. The van der Waals surface area contributed by atoms with Crippen LogP contribution in [-0.4, -0.2) is 15.9 Å². The smallest absolute Gasteiger partial charge is 0.363 e. The minimum absolute atomic E-state index is 0.179. The van der Waals surface area contributed by atoms with Crippen LogP contribution in [-0.2, 0) is 0 Å². The second-order valence-electron chi connectivity index (χ2n) is 9.38. The molecule has 0 saturated heterocycles. The van der Waals surface area contributed by atoms with E-state index in [1.807, 2.05) is 49.4 Å². The normalized spacial score (nSPS) is 16.4. The van der Waals surface area contributed by atoms with E-state index in [1.165, 1.54) is 36.6 Å². The summed E-state index contributed by atoms with van der Waals surface area (Å²) >= 11 is 0. The summed E-state index contributed by atoms with van der Waals surface area (Å²) < 4.78 is 5.49.